The predicted molar refractivity (Wildman–Crippen MR) is 73.4 cm³/mol. The number of hydrogen-bond acceptors (Lipinski definition) is 4. The molecule has 0 aromatic carbocycles. The van der Waals surface area contributed by atoms with Gasteiger partial charge in [0.1, 0.15) is 0 Å². The molecule has 2 N–H and O–H groups in total. The lowest BCUT2D eigenvalue weighted by atomic mass is 9.77. The van der Waals surface area contributed by atoms with Gasteiger partial charge in [-0.1, -0.05) is 0 Å². The number of piperidine rings is 2. The summed E-state index contributed by atoms with van der Waals surface area (Å²) < 4.78 is 5.28. The van der Waals surface area contributed by atoms with E-state index in [1.807, 2.05) is 0 Å². The van der Waals surface area contributed by atoms with Gasteiger partial charge in [-0.15, -0.1) is 0 Å². The van der Waals surface area contributed by atoms with Crippen molar-refractivity contribution in [3.05, 3.63) is 0 Å². The third kappa shape index (κ3) is 3.12. The van der Waals surface area contributed by atoms with Crippen LogP contribution in [-0.2, 0) is 14.3 Å². The lowest BCUT2D eigenvalue weighted by molar-refractivity contribution is -0.153. The van der Waals surface area contributed by atoms with Gasteiger partial charge < -0.3 is 20.1 Å². The Morgan fingerprint density at radius 1 is 1.40 bits per heavy atom. The quantitative estimate of drug-likeness (QED) is 0.777. The zero-order chi connectivity index (χ0) is 14.6. The fourth-order valence-electron chi connectivity index (χ4n) is 3.30. The van der Waals surface area contributed by atoms with Crippen molar-refractivity contribution >= 4 is 11.9 Å². The van der Waals surface area contributed by atoms with Gasteiger partial charge in [-0.2, -0.15) is 0 Å². The molecule has 2 aliphatic heterocycles. The fraction of sp³-hybridized carbons (Fsp3) is 0.857. The molecule has 0 aliphatic carbocycles. The maximum Gasteiger partial charge on any atom is 0.308 e. The summed E-state index contributed by atoms with van der Waals surface area (Å²) in [5.74, 6) is -1.14. The number of rotatable bonds is 4. The maximum atomic E-state index is 12.9. The van der Waals surface area contributed by atoms with E-state index in [4.69, 9.17) is 9.84 Å². The highest BCUT2D eigenvalue weighted by molar-refractivity contribution is 5.84. The summed E-state index contributed by atoms with van der Waals surface area (Å²) in [4.78, 5) is 25.7. The normalized spacial score (nSPS) is 26.2. The van der Waals surface area contributed by atoms with Crippen molar-refractivity contribution in [2.45, 2.75) is 25.7 Å². The highest BCUT2D eigenvalue weighted by atomic mass is 16.5. The van der Waals surface area contributed by atoms with Gasteiger partial charge in [0.15, 0.2) is 0 Å². The lowest BCUT2D eigenvalue weighted by Crippen LogP contribution is -2.54. The van der Waals surface area contributed by atoms with E-state index in [2.05, 4.69) is 5.32 Å². The van der Waals surface area contributed by atoms with Gasteiger partial charge in [0.25, 0.3) is 0 Å². The Hall–Kier alpha value is -1.14. The molecule has 0 saturated carbocycles. The first-order valence-corrected chi connectivity index (χ1v) is 7.31. The number of aliphatic carboxylic acids is 1. The number of carbonyl (C=O) groups excluding carboxylic acids is 1. The monoisotopic (exact) mass is 284 g/mol. The van der Waals surface area contributed by atoms with Crippen LogP contribution in [0.2, 0.25) is 0 Å². The van der Waals surface area contributed by atoms with E-state index >= 15 is 0 Å². The van der Waals surface area contributed by atoms with Gasteiger partial charge in [-0.3, -0.25) is 9.59 Å². The highest BCUT2D eigenvalue weighted by Crippen LogP contribution is 2.33. The zero-order valence-electron chi connectivity index (χ0n) is 12.1. The molecule has 2 heterocycles. The molecule has 0 aromatic rings. The van der Waals surface area contributed by atoms with Crippen LogP contribution < -0.4 is 5.32 Å². The fourth-order valence-corrected chi connectivity index (χ4v) is 3.30. The maximum absolute atomic E-state index is 12.9. The molecule has 2 rings (SSSR count). The topological polar surface area (TPSA) is 78.9 Å². The first-order chi connectivity index (χ1) is 9.59. The molecule has 0 spiro atoms. The van der Waals surface area contributed by atoms with E-state index in [-0.39, 0.29) is 5.91 Å². The Bertz CT molecular complexity index is 361. The minimum atomic E-state index is -0.798. The third-order valence-corrected chi connectivity index (χ3v) is 4.49. The second-order valence-corrected chi connectivity index (χ2v) is 5.89. The Kier molecular flexibility index (Phi) is 4.99. The number of amides is 1. The number of nitrogens with zero attached hydrogens (tertiary/aromatic N) is 1. The van der Waals surface area contributed by atoms with Crippen LogP contribution in [0, 0.1) is 11.3 Å². The Morgan fingerprint density at radius 2 is 2.10 bits per heavy atom. The Labute approximate surface area is 119 Å². The molecule has 2 fully saturated rings. The molecule has 2 aliphatic rings. The SMILES string of the molecule is COCC1(C(=O)N2CCC[C@@H](C(=O)O)C2)CCNCC1. The van der Waals surface area contributed by atoms with Gasteiger partial charge in [-0.05, 0) is 38.8 Å². The molecule has 0 bridgehead atoms. The van der Waals surface area contributed by atoms with Crippen molar-refractivity contribution in [2.24, 2.45) is 11.3 Å². The highest BCUT2D eigenvalue weighted by Gasteiger charge is 2.43. The van der Waals surface area contributed by atoms with Gasteiger partial charge in [0.2, 0.25) is 5.91 Å². The smallest absolute Gasteiger partial charge is 0.308 e. The molecule has 0 unspecified atom stereocenters. The van der Waals surface area contributed by atoms with Crippen molar-refractivity contribution < 1.29 is 19.4 Å². The molecular formula is C14H24N2O4. The Morgan fingerprint density at radius 3 is 2.70 bits per heavy atom. The van der Waals surface area contributed by atoms with E-state index in [0.717, 1.165) is 32.4 Å². The summed E-state index contributed by atoms with van der Waals surface area (Å²) in [6.45, 7) is 3.05. The number of methoxy groups -OCH3 is 1. The van der Waals surface area contributed by atoms with E-state index in [9.17, 15) is 9.59 Å². The number of ether oxygens (including phenoxy) is 1. The minimum Gasteiger partial charge on any atom is -0.481 e. The van der Waals surface area contributed by atoms with Crippen molar-refractivity contribution in [3.63, 3.8) is 0 Å². The second-order valence-electron chi connectivity index (χ2n) is 5.89. The van der Waals surface area contributed by atoms with E-state index in [1.165, 1.54) is 0 Å². The largest absolute Gasteiger partial charge is 0.481 e. The summed E-state index contributed by atoms with van der Waals surface area (Å²) in [6, 6.07) is 0. The molecule has 6 heteroatoms. The summed E-state index contributed by atoms with van der Waals surface area (Å²) in [7, 11) is 1.62. The van der Waals surface area contributed by atoms with Crippen LogP contribution in [-0.4, -0.2) is 61.8 Å². The van der Waals surface area contributed by atoms with Crippen LogP contribution in [0.4, 0.5) is 0 Å². The molecular weight excluding hydrogens is 260 g/mol. The lowest BCUT2D eigenvalue weighted by Gasteiger charge is -2.41. The number of carbonyl (C=O) groups is 2. The first kappa shape index (κ1) is 15.3. The predicted octanol–water partition coefficient (Wildman–Crippen LogP) is 0.326. The van der Waals surface area contributed by atoms with Crippen molar-refractivity contribution in [1.82, 2.24) is 10.2 Å². The zero-order valence-corrected chi connectivity index (χ0v) is 12.1. The van der Waals surface area contributed by atoms with E-state index in [1.54, 1.807) is 12.0 Å². The number of likely N-dealkylation sites (tertiary alicyclic amines) is 1. The molecule has 2 saturated heterocycles. The van der Waals surface area contributed by atoms with Crippen molar-refractivity contribution in [3.8, 4) is 0 Å². The van der Waals surface area contributed by atoms with Crippen LogP contribution >= 0.6 is 0 Å². The number of hydrogen-bond donors (Lipinski definition) is 2. The van der Waals surface area contributed by atoms with Crippen molar-refractivity contribution in [2.75, 3.05) is 39.9 Å². The van der Waals surface area contributed by atoms with Crippen LogP contribution in [0.3, 0.4) is 0 Å². The minimum absolute atomic E-state index is 0.0757. The van der Waals surface area contributed by atoms with Crippen LogP contribution in [0.1, 0.15) is 25.7 Å². The molecule has 6 nitrogen and oxygen atoms in total. The summed E-state index contributed by atoms with van der Waals surface area (Å²) in [6.07, 6.45) is 2.95. The summed E-state index contributed by atoms with van der Waals surface area (Å²) in [5, 5.41) is 12.4. The average molecular weight is 284 g/mol. The van der Waals surface area contributed by atoms with Gasteiger partial charge in [-0.25, -0.2) is 0 Å². The van der Waals surface area contributed by atoms with E-state index < -0.39 is 17.3 Å². The van der Waals surface area contributed by atoms with Crippen LogP contribution in [0.25, 0.3) is 0 Å². The molecule has 20 heavy (non-hydrogen) atoms. The number of nitrogens with one attached hydrogen (secondary N) is 1. The number of carboxylic acid groups (broad SMARTS) is 1. The van der Waals surface area contributed by atoms with Crippen LogP contribution in [0.5, 0.6) is 0 Å². The summed E-state index contributed by atoms with van der Waals surface area (Å²) in [5.41, 5.74) is -0.472. The molecule has 0 aromatic heterocycles. The third-order valence-electron chi connectivity index (χ3n) is 4.49. The first-order valence-electron chi connectivity index (χ1n) is 7.31. The molecule has 114 valence electrons. The Balaban J connectivity index is 2.08. The van der Waals surface area contributed by atoms with Crippen molar-refractivity contribution in [1.29, 1.82) is 0 Å². The summed E-state index contributed by atoms with van der Waals surface area (Å²) >= 11 is 0. The second kappa shape index (κ2) is 6.54. The molecule has 1 amide bonds. The van der Waals surface area contributed by atoms with Crippen LogP contribution in [0.15, 0.2) is 0 Å². The number of carboxylic acids is 1. The van der Waals surface area contributed by atoms with Gasteiger partial charge in [0.05, 0.1) is 17.9 Å². The van der Waals surface area contributed by atoms with E-state index in [0.29, 0.717) is 26.1 Å². The standard InChI is InChI=1S/C14H24N2O4/c1-20-10-14(4-6-15-7-5-14)13(19)16-8-2-3-11(9-16)12(17)18/h11,15H,2-10H2,1H3,(H,17,18)/t11-/m1/s1. The van der Waals surface area contributed by atoms with Gasteiger partial charge in [0, 0.05) is 20.2 Å². The van der Waals surface area contributed by atoms with Gasteiger partial charge >= 0.3 is 5.97 Å². The molecule has 1 atom stereocenters. The molecule has 0 radical (unpaired) electrons. The average Bonchev–Trinajstić information content (AvgIpc) is 2.48.